The van der Waals surface area contributed by atoms with Gasteiger partial charge in [0.25, 0.3) is 0 Å². The molecule has 0 spiro atoms. The smallest absolute Gasteiger partial charge is 0.164 e. The van der Waals surface area contributed by atoms with E-state index in [9.17, 15) is 0 Å². The number of rotatable bonds is 10. The second kappa shape index (κ2) is 18.3. The molecule has 0 saturated carbocycles. The van der Waals surface area contributed by atoms with Crippen LogP contribution in [0.3, 0.4) is 0 Å². The third-order valence-electron chi connectivity index (χ3n) is 11.6. The van der Waals surface area contributed by atoms with Crippen LogP contribution in [0.4, 0.5) is 0 Å². The number of hydrogen-bond donors (Lipinski definition) is 0. The van der Waals surface area contributed by atoms with E-state index >= 15 is 0 Å². The van der Waals surface area contributed by atoms with Gasteiger partial charge in [-0.1, -0.05) is 182 Å². The SMILES string of the molecule is Cc1cc(C)nc(-c2cccc(-c3ccccc3-c3nc(-c4ccccc4)nc(-c4cccc(-c5ccccn5)c4)n3)c2-c2ccccc2-c2nc(-c3ccccc3)nc(-c3ccccc3)n2)n1. The Balaban J connectivity index is 1.15. The fraction of sp³-hybridized carbons (Fsp3) is 0.0339. The van der Waals surface area contributed by atoms with Crippen LogP contribution >= 0.6 is 0 Å². The van der Waals surface area contributed by atoms with Gasteiger partial charge in [0.1, 0.15) is 0 Å². The van der Waals surface area contributed by atoms with Gasteiger partial charge < -0.3 is 0 Å². The first-order valence-corrected chi connectivity index (χ1v) is 22.4. The Labute approximate surface area is 394 Å². The molecular formula is C59H41N9. The van der Waals surface area contributed by atoms with Crippen LogP contribution in [0.15, 0.2) is 212 Å². The molecule has 0 aliphatic rings. The zero-order chi connectivity index (χ0) is 45.8. The summed E-state index contributed by atoms with van der Waals surface area (Å²) in [6.45, 7) is 4.00. The molecule has 11 rings (SSSR count). The van der Waals surface area contributed by atoms with Gasteiger partial charge in [0, 0.05) is 67.7 Å². The summed E-state index contributed by atoms with van der Waals surface area (Å²) in [5.41, 5.74) is 13.2. The van der Waals surface area contributed by atoms with Gasteiger partial charge in [0.2, 0.25) is 0 Å². The summed E-state index contributed by atoms with van der Waals surface area (Å²) in [7, 11) is 0. The zero-order valence-electron chi connectivity index (χ0n) is 37.2. The number of hydrogen-bond acceptors (Lipinski definition) is 9. The van der Waals surface area contributed by atoms with Crippen LogP contribution in [0.2, 0.25) is 0 Å². The Bertz CT molecular complexity index is 3510. The van der Waals surface area contributed by atoms with Crippen molar-refractivity contribution >= 4 is 0 Å². The summed E-state index contributed by atoms with van der Waals surface area (Å²) >= 11 is 0. The van der Waals surface area contributed by atoms with Crippen molar-refractivity contribution in [2.45, 2.75) is 13.8 Å². The Hall–Kier alpha value is -9.21. The first-order chi connectivity index (χ1) is 33.5. The van der Waals surface area contributed by atoms with Crippen molar-refractivity contribution in [3.8, 4) is 113 Å². The fourth-order valence-corrected chi connectivity index (χ4v) is 8.53. The van der Waals surface area contributed by atoms with Crippen molar-refractivity contribution in [1.29, 1.82) is 0 Å². The zero-order valence-corrected chi connectivity index (χ0v) is 37.2. The van der Waals surface area contributed by atoms with Crippen molar-refractivity contribution in [2.24, 2.45) is 0 Å². The van der Waals surface area contributed by atoms with E-state index in [0.717, 1.165) is 83.8 Å². The Morgan fingerprint density at radius 3 is 1.18 bits per heavy atom. The maximum atomic E-state index is 5.27. The van der Waals surface area contributed by atoms with Gasteiger partial charge in [-0.05, 0) is 54.8 Å². The Kier molecular flexibility index (Phi) is 11.2. The summed E-state index contributed by atoms with van der Waals surface area (Å²) < 4.78 is 0. The lowest BCUT2D eigenvalue weighted by Gasteiger charge is -2.20. The van der Waals surface area contributed by atoms with E-state index in [1.807, 2.05) is 153 Å². The molecule has 4 aromatic heterocycles. The molecule has 322 valence electrons. The van der Waals surface area contributed by atoms with Gasteiger partial charge in [0.05, 0.1) is 5.69 Å². The average molecular weight is 876 g/mol. The lowest BCUT2D eigenvalue weighted by molar-refractivity contribution is 1.06. The topological polar surface area (TPSA) is 116 Å². The third kappa shape index (κ3) is 8.43. The molecule has 0 N–H and O–H groups in total. The van der Waals surface area contributed by atoms with Crippen molar-refractivity contribution in [2.75, 3.05) is 0 Å². The standard InChI is InChI=1S/C59H41N9/c1-38-36-39(2)62-59(61-38)50-33-19-32-46(52(50)47-29-13-15-31-49(47)58-66-53(40-20-6-3-7-21-40)63-54(67-58)41-22-8-4-9-23-41)45-28-12-14-30-48(45)57-65-55(42-24-10-5-11-25-42)64-56(68-57)44-27-18-26-43(37-44)51-34-16-17-35-60-51/h3-37H,1-2H3. The first-order valence-electron chi connectivity index (χ1n) is 22.4. The molecule has 11 aromatic rings. The minimum Gasteiger partial charge on any atom is -0.256 e. The minimum absolute atomic E-state index is 0.525. The quantitative estimate of drug-likeness (QED) is 0.132. The fourth-order valence-electron chi connectivity index (χ4n) is 8.53. The van der Waals surface area contributed by atoms with Crippen LogP contribution in [-0.4, -0.2) is 44.9 Å². The summed E-state index contributed by atoms with van der Waals surface area (Å²) in [5, 5.41) is 0. The van der Waals surface area contributed by atoms with Gasteiger partial charge in [-0.3, -0.25) is 4.98 Å². The van der Waals surface area contributed by atoms with Crippen LogP contribution in [0.1, 0.15) is 11.4 Å². The van der Waals surface area contributed by atoms with Gasteiger partial charge in [-0.25, -0.2) is 39.9 Å². The number of benzene rings is 7. The van der Waals surface area contributed by atoms with Crippen LogP contribution < -0.4 is 0 Å². The van der Waals surface area contributed by atoms with E-state index in [2.05, 4.69) is 71.7 Å². The van der Waals surface area contributed by atoms with E-state index in [0.29, 0.717) is 40.8 Å². The summed E-state index contributed by atoms with van der Waals surface area (Å²) in [5.74, 6) is 3.92. The van der Waals surface area contributed by atoms with Crippen molar-refractivity contribution in [1.82, 2.24) is 44.9 Å². The highest BCUT2D eigenvalue weighted by Gasteiger charge is 2.24. The minimum atomic E-state index is 0.525. The normalized spacial score (nSPS) is 11.1. The molecule has 7 aromatic carbocycles. The number of pyridine rings is 1. The van der Waals surface area contributed by atoms with Crippen molar-refractivity contribution in [3.63, 3.8) is 0 Å². The number of nitrogens with zero attached hydrogens (tertiary/aromatic N) is 9. The molecule has 0 saturated heterocycles. The highest BCUT2D eigenvalue weighted by Crippen LogP contribution is 2.45. The molecule has 0 radical (unpaired) electrons. The average Bonchev–Trinajstić information content (AvgIpc) is 3.41. The Morgan fingerprint density at radius 1 is 0.250 bits per heavy atom. The molecule has 0 bridgehead atoms. The number of aromatic nitrogens is 9. The molecule has 9 heteroatoms. The highest BCUT2D eigenvalue weighted by molar-refractivity contribution is 6.00. The molecule has 0 unspecified atom stereocenters. The van der Waals surface area contributed by atoms with E-state index < -0.39 is 0 Å². The van der Waals surface area contributed by atoms with Crippen LogP contribution in [0, 0.1) is 13.8 Å². The predicted molar refractivity (Wildman–Crippen MR) is 270 cm³/mol. The maximum absolute atomic E-state index is 5.27. The first kappa shape index (κ1) is 41.5. The van der Waals surface area contributed by atoms with Gasteiger partial charge >= 0.3 is 0 Å². The summed E-state index contributed by atoms with van der Waals surface area (Å²) in [4.78, 5) is 45.7. The molecule has 0 atom stereocenters. The lowest BCUT2D eigenvalue weighted by Crippen LogP contribution is -2.03. The molecular weight excluding hydrogens is 835 g/mol. The van der Waals surface area contributed by atoms with E-state index in [-0.39, 0.29) is 0 Å². The van der Waals surface area contributed by atoms with Crippen LogP contribution in [0.5, 0.6) is 0 Å². The second-order valence-corrected chi connectivity index (χ2v) is 16.3. The molecule has 0 aliphatic carbocycles. The van der Waals surface area contributed by atoms with Gasteiger partial charge in [-0.15, -0.1) is 0 Å². The van der Waals surface area contributed by atoms with Gasteiger partial charge in [0.15, 0.2) is 40.8 Å². The second-order valence-electron chi connectivity index (χ2n) is 16.3. The van der Waals surface area contributed by atoms with Crippen molar-refractivity contribution < 1.29 is 0 Å². The van der Waals surface area contributed by atoms with E-state index in [1.165, 1.54) is 0 Å². The van der Waals surface area contributed by atoms with Gasteiger partial charge in [-0.2, -0.15) is 0 Å². The van der Waals surface area contributed by atoms with Crippen LogP contribution in [-0.2, 0) is 0 Å². The molecule has 0 fully saturated rings. The summed E-state index contributed by atoms with van der Waals surface area (Å²) in [6.07, 6.45) is 1.80. The molecule has 9 nitrogen and oxygen atoms in total. The molecule has 4 heterocycles. The number of aryl methyl sites for hydroxylation is 2. The molecule has 0 aliphatic heterocycles. The third-order valence-corrected chi connectivity index (χ3v) is 11.6. The molecule has 68 heavy (non-hydrogen) atoms. The summed E-state index contributed by atoms with van der Waals surface area (Å²) in [6, 6.07) is 69.0. The van der Waals surface area contributed by atoms with E-state index in [4.69, 9.17) is 39.9 Å². The Morgan fingerprint density at radius 2 is 0.632 bits per heavy atom. The maximum Gasteiger partial charge on any atom is 0.164 e. The van der Waals surface area contributed by atoms with Crippen LogP contribution in [0.25, 0.3) is 113 Å². The van der Waals surface area contributed by atoms with Crippen molar-refractivity contribution in [3.05, 3.63) is 224 Å². The largest absolute Gasteiger partial charge is 0.256 e. The lowest BCUT2D eigenvalue weighted by atomic mass is 9.86. The monoisotopic (exact) mass is 875 g/mol. The molecule has 0 amide bonds. The highest BCUT2D eigenvalue weighted by atomic mass is 15.0. The van der Waals surface area contributed by atoms with E-state index in [1.54, 1.807) is 6.20 Å². The predicted octanol–water partition coefficient (Wildman–Crippen LogP) is 13.5.